The number of carbonyl (C=O) groups is 1. The highest BCUT2D eigenvalue weighted by molar-refractivity contribution is 5.94. The van der Waals surface area contributed by atoms with Crippen molar-refractivity contribution in [2.45, 2.75) is 45.1 Å². The van der Waals surface area contributed by atoms with Gasteiger partial charge in [0.05, 0.1) is 5.57 Å². The molecule has 2 unspecified atom stereocenters. The van der Waals surface area contributed by atoms with Gasteiger partial charge in [0.1, 0.15) is 6.17 Å². The maximum atomic E-state index is 14.1. The Kier molecular flexibility index (Phi) is 5.27. The molecule has 1 saturated heterocycles. The van der Waals surface area contributed by atoms with Gasteiger partial charge in [-0.05, 0) is 30.4 Å². The van der Waals surface area contributed by atoms with Crippen LogP contribution in [0.2, 0.25) is 0 Å². The van der Waals surface area contributed by atoms with E-state index in [1.807, 2.05) is 0 Å². The van der Waals surface area contributed by atoms with E-state index in [-0.39, 0.29) is 11.5 Å². The SMILES string of the molecule is CC1C=C(C(F)(F)F)C(C2CCN(C(=O)c3n[nH]c4c3CNCC4)CC2)=CC1F. The lowest BCUT2D eigenvalue weighted by Gasteiger charge is -2.36. The summed E-state index contributed by atoms with van der Waals surface area (Å²) in [7, 11) is 0. The van der Waals surface area contributed by atoms with Gasteiger partial charge in [-0.15, -0.1) is 0 Å². The Morgan fingerprint density at radius 3 is 2.66 bits per heavy atom. The maximum Gasteiger partial charge on any atom is 0.416 e. The molecule has 3 aliphatic rings. The minimum absolute atomic E-state index is 0.0385. The zero-order valence-corrected chi connectivity index (χ0v) is 16.2. The molecular weight excluding hydrogens is 388 g/mol. The number of piperidine rings is 1. The van der Waals surface area contributed by atoms with Crippen LogP contribution >= 0.6 is 0 Å². The number of halogens is 4. The van der Waals surface area contributed by atoms with Gasteiger partial charge < -0.3 is 10.2 Å². The number of amides is 1. The number of alkyl halides is 4. The molecule has 0 aromatic carbocycles. The van der Waals surface area contributed by atoms with Crippen molar-refractivity contribution >= 4 is 5.91 Å². The minimum atomic E-state index is -4.51. The van der Waals surface area contributed by atoms with E-state index < -0.39 is 29.8 Å². The zero-order chi connectivity index (χ0) is 20.8. The lowest BCUT2D eigenvalue weighted by molar-refractivity contribution is -0.0914. The minimum Gasteiger partial charge on any atom is -0.337 e. The molecule has 0 radical (unpaired) electrons. The van der Waals surface area contributed by atoms with Gasteiger partial charge in [-0.3, -0.25) is 9.89 Å². The molecule has 2 N–H and O–H groups in total. The van der Waals surface area contributed by atoms with E-state index in [4.69, 9.17) is 0 Å². The van der Waals surface area contributed by atoms with Gasteiger partial charge in [-0.25, -0.2) is 4.39 Å². The van der Waals surface area contributed by atoms with Crippen LogP contribution in [0.25, 0.3) is 0 Å². The fraction of sp³-hybridized carbons (Fsp3) is 0.600. The first-order valence-corrected chi connectivity index (χ1v) is 9.97. The average molecular weight is 412 g/mol. The third-order valence-electron chi connectivity index (χ3n) is 6.12. The Hall–Kier alpha value is -2.16. The summed E-state index contributed by atoms with van der Waals surface area (Å²) in [5, 5.41) is 10.3. The summed E-state index contributed by atoms with van der Waals surface area (Å²) in [4.78, 5) is 14.5. The number of aromatic nitrogens is 2. The monoisotopic (exact) mass is 412 g/mol. The molecule has 0 saturated carbocycles. The van der Waals surface area contributed by atoms with Gasteiger partial charge in [-0.2, -0.15) is 18.3 Å². The van der Waals surface area contributed by atoms with Crippen LogP contribution in [0, 0.1) is 11.8 Å². The van der Waals surface area contributed by atoms with Gasteiger partial charge in [0.15, 0.2) is 5.69 Å². The Balaban J connectivity index is 1.46. The van der Waals surface area contributed by atoms with Gasteiger partial charge in [0.25, 0.3) is 5.91 Å². The molecule has 1 aromatic rings. The predicted octanol–water partition coefficient (Wildman–Crippen LogP) is 3.31. The summed E-state index contributed by atoms with van der Waals surface area (Å²) in [6.45, 7) is 3.50. The molecule has 2 atom stereocenters. The van der Waals surface area contributed by atoms with Crippen molar-refractivity contribution in [1.82, 2.24) is 20.4 Å². The molecule has 3 heterocycles. The topological polar surface area (TPSA) is 61.0 Å². The molecular formula is C20H24F4N4O. The number of likely N-dealkylation sites (tertiary alicyclic amines) is 1. The van der Waals surface area contributed by atoms with Crippen molar-refractivity contribution in [3.8, 4) is 0 Å². The van der Waals surface area contributed by atoms with Crippen molar-refractivity contribution in [1.29, 1.82) is 0 Å². The number of nitrogens with one attached hydrogen (secondary N) is 2. The Morgan fingerprint density at radius 1 is 1.24 bits per heavy atom. The summed E-state index contributed by atoms with van der Waals surface area (Å²) in [6.07, 6.45) is -2.27. The number of aromatic amines is 1. The Labute approximate surface area is 166 Å². The van der Waals surface area contributed by atoms with Crippen LogP contribution in [0.1, 0.15) is 41.5 Å². The van der Waals surface area contributed by atoms with Crippen molar-refractivity contribution in [3.63, 3.8) is 0 Å². The zero-order valence-electron chi connectivity index (χ0n) is 16.2. The number of hydrogen-bond donors (Lipinski definition) is 2. The average Bonchev–Trinajstić information content (AvgIpc) is 3.12. The molecule has 29 heavy (non-hydrogen) atoms. The fourth-order valence-electron chi connectivity index (χ4n) is 4.42. The molecule has 9 heteroatoms. The summed E-state index contributed by atoms with van der Waals surface area (Å²) < 4.78 is 54.6. The molecule has 1 aliphatic carbocycles. The van der Waals surface area contributed by atoms with Crippen LogP contribution in [0.3, 0.4) is 0 Å². The first-order chi connectivity index (χ1) is 13.8. The molecule has 2 aliphatic heterocycles. The van der Waals surface area contributed by atoms with E-state index in [0.29, 0.717) is 38.2 Å². The highest BCUT2D eigenvalue weighted by atomic mass is 19.4. The molecule has 0 bridgehead atoms. The van der Waals surface area contributed by atoms with Gasteiger partial charge in [0, 0.05) is 49.8 Å². The van der Waals surface area contributed by atoms with Crippen molar-refractivity contribution in [3.05, 3.63) is 40.2 Å². The first-order valence-electron chi connectivity index (χ1n) is 9.97. The van der Waals surface area contributed by atoms with Crippen LogP contribution in [0.15, 0.2) is 23.3 Å². The standard InChI is InChI=1S/C20H24F4N4O/c1-11-8-15(20(22,23)24)13(9-16(11)21)12-3-6-28(7-4-12)19(29)18-14-10-25-5-2-17(14)26-27-18/h8-9,11-12,16,25H,2-7,10H2,1H3,(H,26,27). The number of carbonyl (C=O) groups excluding carboxylic acids is 1. The third-order valence-corrected chi connectivity index (χ3v) is 6.12. The van der Waals surface area contributed by atoms with E-state index >= 15 is 0 Å². The van der Waals surface area contributed by atoms with Crippen molar-refractivity contribution < 1.29 is 22.4 Å². The van der Waals surface area contributed by atoms with E-state index in [1.165, 1.54) is 6.92 Å². The lowest BCUT2D eigenvalue weighted by atomic mass is 9.79. The highest BCUT2D eigenvalue weighted by Gasteiger charge is 2.42. The molecule has 5 nitrogen and oxygen atoms in total. The van der Waals surface area contributed by atoms with Crippen molar-refractivity contribution in [2.75, 3.05) is 19.6 Å². The maximum absolute atomic E-state index is 14.1. The van der Waals surface area contributed by atoms with Crippen LogP contribution in [-0.4, -0.2) is 53.0 Å². The highest BCUT2D eigenvalue weighted by Crippen LogP contribution is 2.42. The second-order valence-corrected chi connectivity index (χ2v) is 8.03. The molecule has 1 aromatic heterocycles. The second-order valence-electron chi connectivity index (χ2n) is 8.03. The summed E-state index contributed by atoms with van der Waals surface area (Å²) >= 11 is 0. The van der Waals surface area contributed by atoms with Crippen LogP contribution in [-0.2, 0) is 13.0 Å². The number of nitrogens with zero attached hydrogens (tertiary/aromatic N) is 2. The van der Waals surface area contributed by atoms with Gasteiger partial charge in [-0.1, -0.05) is 13.0 Å². The van der Waals surface area contributed by atoms with E-state index in [1.54, 1.807) is 4.90 Å². The second kappa shape index (κ2) is 7.59. The van der Waals surface area contributed by atoms with Gasteiger partial charge >= 0.3 is 6.18 Å². The molecule has 1 amide bonds. The molecule has 4 rings (SSSR count). The Bertz CT molecular complexity index is 849. The van der Waals surface area contributed by atoms with Crippen LogP contribution in [0.4, 0.5) is 17.6 Å². The quantitative estimate of drug-likeness (QED) is 0.733. The van der Waals surface area contributed by atoms with Crippen LogP contribution in [0.5, 0.6) is 0 Å². The van der Waals surface area contributed by atoms with Gasteiger partial charge in [0.2, 0.25) is 0 Å². The fourth-order valence-corrected chi connectivity index (χ4v) is 4.42. The number of rotatable bonds is 2. The lowest BCUT2D eigenvalue weighted by Crippen LogP contribution is -2.40. The number of hydrogen-bond acceptors (Lipinski definition) is 3. The largest absolute Gasteiger partial charge is 0.416 e. The summed E-state index contributed by atoms with van der Waals surface area (Å²) in [6, 6.07) is 0. The molecule has 158 valence electrons. The molecule has 1 fully saturated rings. The normalized spacial score (nSPS) is 26.0. The van der Waals surface area contributed by atoms with E-state index in [0.717, 1.165) is 36.4 Å². The Morgan fingerprint density at radius 2 is 1.97 bits per heavy atom. The summed E-state index contributed by atoms with van der Waals surface area (Å²) in [5.74, 6) is -1.41. The third kappa shape index (κ3) is 3.84. The van der Waals surface area contributed by atoms with Crippen LogP contribution < -0.4 is 5.32 Å². The number of fused-ring (bicyclic) bond motifs is 1. The summed E-state index contributed by atoms with van der Waals surface area (Å²) in [5.41, 5.74) is 1.52. The predicted molar refractivity (Wildman–Crippen MR) is 98.9 cm³/mol. The number of H-pyrrole nitrogens is 1. The molecule has 0 spiro atoms. The number of allylic oxidation sites excluding steroid dienone is 4. The first kappa shape index (κ1) is 20.1. The van der Waals surface area contributed by atoms with Crippen molar-refractivity contribution in [2.24, 2.45) is 11.8 Å². The smallest absolute Gasteiger partial charge is 0.337 e. The van der Waals surface area contributed by atoms with E-state index in [9.17, 15) is 22.4 Å². The van der Waals surface area contributed by atoms with E-state index in [2.05, 4.69) is 15.5 Å².